The maximum atomic E-state index is 11.7. The lowest BCUT2D eigenvalue weighted by Crippen LogP contribution is -2.26. The van der Waals surface area contributed by atoms with E-state index >= 15 is 0 Å². The number of carbonyl (C=O) groups is 1. The van der Waals surface area contributed by atoms with Crippen molar-refractivity contribution in [2.24, 2.45) is 0 Å². The quantitative estimate of drug-likeness (QED) is 0.483. The van der Waals surface area contributed by atoms with Crippen LogP contribution in [0.2, 0.25) is 0 Å². The third-order valence-electron chi connectivity index (χ3n) is 3.09. The Balaban J connectivity index is 1.85. The van der Waals surface area contributed by atoms with E-state index < -0.39 is 11.0 Å². The Kier molecular flexibility index (Phi) is 5.27. The summed E-state index contributed by atoms with van der Waals surface area (Å²) in [6.07, 6.45) is 1.91. The topological polar surface area (TPSA) is 106 Å². The van der Waals surface area contributed by atoms with Gasteiger partial charge in [-0.2, -0.15) is 0 Å². The summed E-state index contributed by atoms with van der Waals surface area (Å²) in [5.41, 5.74) is 0.649. The molecule has 7 nitrogen and oxygen atoms in total. The molecule has 1 aromatic heterocycles. The molecule has 2 rings (SSSR count). The number of furan rings is 1. The molecular weight excluding hydrogens is 300 g/mol. The van der Waals surface area contributed by atoms with Gasteiger partial charge in [0.25, 0.3) is 5.69 Å². The van der Waals surface area contributed by atoms with Gasteiger partial charge in [-0.3, -0.25) is 14.9 Å². The van der Waals surface area contributed by atoms with Gasteiger partial charge >= 0.3 is 0 Å². The minimum Gasteiger partial charge on any atom is -0.464 e. The number of hydrogen-bond acceptors (Lipinski definition) is 5. The van der Waals surface area contributed by atoms with Crippen molar-refractivity contribution >= 4 is 17.7 Å². The van der Waals surface area contributed by atoms with Crippen LogP contribution in [0.5, 0.6) is 0 Å². The molecule has 1 heterocycles. The average Bonchev–Trinajstić information content (AvgIpc) is 2.97. The predicted octanol–water partition coefficient (Wildman–Crippen LogP) is 2.36. The number of nitrogens with one attached hydrogen (secondary N) is 1. The second-order valence-corrected chi connectivity index (χ2v) is 4.89. The van der Waals surface area contributed by atoms with Crippen LogP contribution >= 0.6 is 0 Å². The van der Waals surface area contributed by atoms with Crippen LogP contribution in [-0.4, -0.2) is 22.5 Å². The highest BCUT2D eigenvalue weighted by molar-refractivity contribution is 5.91. The van der Waals surface area contributed by atoms with Gasteiger partial charge in [-0.05, 0) is 42.8 Å². The van der Waals surface area contributed by atoms with E-state index in [-0.39, 0.29) is 18.1 Å². The van der Waals surface area contributed by atoms with Gasteiger partial charge < -0.3 is 14.8 Å². The van der Waals surface area contributed by atoms with Crippen molar-refractivity contribution in [3.05, 3.63) is 69.7 Å². The first-order valence-corrected chi connectivity index (χ1v) is 6.90. The lowest BCUT2D eigenvalue weighted by Gasteiger charge is -2.07. The zero-order valence-corrected chi connectivity index (χ0v) is 12.4. The second kappa shape index (κ2) is 7.37. The summed E-state index contributed by atoms with van der Waals surface area (Å²) in [5, 5.41) is 22.9. The van der Waals surface area contributed by atoms with Gasteiger partial charge in [-0.25, -0.2) is 0 Å². The Morgan fingerprint density at radius 3 is 2.61 bits per heavy atom. The Bertz CT molecular complexity index is 718. The van der Waals surface area contributed by atoms with Gasteiger partial charge in [0.05, 0.1) is 11.5 Å². The fourth-order valence-electron chi connectivity index (χ4n) is 1.87. The first-order valence-electron chi connectivity index (χ1n) is 6.90. The molecule has 0 aliphatic rings. The number of aliphatic hydroxyl groups excluding tert-OH is 1. The lowest BCUT2D eigenvalue weighted by molar-refractivity contribution is -0.384. The van der Waals surface area contributed by atoms with Gasteiger partial charge in [0.1, 0.15) is 17.6 Å². The fourth-order valence-corrected chi connectivity index (χ4v) is 1.87. The summed E-state index contributed by atoms with van der Waals surface area (Å²) >= 11 is 0. The van der Waals surface area contributed by atoms with Crippen LogP contribution in [0.15, 0.2) is 46.9 Å². The molecule has 0 bridgehead atoms. The normalized spacial score (nSPS) is 12.3. The van der Waals surface area contributed by atoms with Crippen molar-refractivity contribution in [1.82, 2.24) is 5.32 Å². The SMILES string of the molecule is Cc1ccc(C(O)CNC(=O)C=Cc2ccc([N+](=O)[O-])cc2)o1. The van der Waals surface area contributed by atoms with Crippen molar-refractivity contribution in [2.45, 2.75) is 13.0 Å². The summed E-state index contributed by atoms with van der Waals surface area (Å²) in [5.74, 6) is 0.691. The van der Waals surface area contributed by atoms with Crippen molar-refractivity contribution < 1.29 is 19.2 Å². The molecule has 0 fully saturated rings. The first-order chi connectivity index (χ1) is 11.0. The Morgan fingerprint density at radius 1 is 1.35 bits per heavy atom. The molecule has 0 saturated heterocycles. The number of benzene rings is 1. The number of nitro benzene ring substituents is 1. The zero-order chi connectivity index (χ0) is 16.8. The first kappa shape index (κ1) is 16.4. The zero-order valence-electron chi connectivity index (χ0n) is 12.4. The summed E-state index contributed by atoms with van der Waals surface area (Å²) in [7, 11) is 0. The molecule has 0 spiro atoms. The number of carbonyl (C=O) groups excluding carboxylic acids is 1. The largest absolute Gasteiger partial charge is 0.464 e. The van der Waals surface area contributed by atoms with Crippen LogP contribution < -0.4 is 5.32 Å². The number of amides is 1. The molecule has 2 N–H and O–H groups in total. The van der Waals surface area contributed by atoms with Gasteiger partial charge in [0, 0.05) is 18.2 Å². The van der Waals surface area contributed by atoms with Gasteiger partial charge in [0.2, 0.25) is 5.91 Å². The third-order valence-corrected chi connectivity index (χ3v) is 3.09. The monoisotopic (exact) mass is 316 g/mol. The summed E-state index contributed by atoms with van der Waals surface area (Å²) < 4.78 is 5.26. The molecule has 1 amide bonds. The summed E-state index contributed by atoms with van der Waals surface area (Å²) in [6.45, 7) is 1.79. The predicted molar refractivity (Wildman–Crippen MR) is 83.5 cm³/mol. The van der Waals surface area contributed by atoms with Crippen LogP contribution in [0.1, 0.15) is 23.2 Å². The number of aliphatic hydroxyl groups is 1. The summed E-state index contributed by atoms with van der Waals surface area (Å²) in [6, 6.07) is 9.19. The molecule has 0 radical (unpaired) electrons. The molecule has 0 aliphatic carbocycles. The Morgan fingerprint density at radius 2 is 2.04 bits per heavy atom. The third kappa shape index (κ3) is 4.79. The highest BCUT2D eigenvalue weighted by Gasteiger charge is 2.12. The Labute approximate surface area is 132 Å². The highest BCUT2D eigenvalue weighted by Crippen LogP contribution is 2.15. The van der Waals surface area contributed by atoms with Crippen molar-refractivity contribution in [2.75, 3.05) is 6.54 Å². The highest BCUT2D eigenvalue weighted by atomic mass is 16.6. The standard InChI is InChI=1S/C16H16N2O5/c1-11-2-8-15(23-11)14(19)10-17-16(20)9-5-12-3-6-13(7-4-12)18(21)22/h2-9,14,19H,10H2,1H3,(H,17,20). The smallest absolute Gasteiger partial charge is 0.269 e. The number of hydrogen-bond donors (Lipinski definition) is 2. The van der Waals surface area contributed by atoms with Gasteiger partial charge in [0.15, 0.2) is 0 Å². The van der Waals surface area contributed by atoms with Crippen LogP contribution in [0.4, 0.5) is 5.69 Å². The van der Waals surface area contributed by atoms with Crippen molar-refractivity contribution in [3.8, 4) is 0 Å². The maximum absolute atomic E-state index is 11.7. The number of nitro groups is 1. The van der Waals surface area contributed by atoms with Crippen molar-refractivity contribution in [1.29, 1.82) is 0 Å². The molecule has 23 heavy (non-hydrogen) atoms. The molecular formula is C16H16N2O5. The van der Waals surface area contributed by atoms with E-state index in [1.807, 2.05) is 0 Å². The van der Waals surface area contributed by atoms with E-state index in [9.17, 15) is 20.0 Å². The van der Waals surface area contributed by atoms with Crippen LogP contribution in [0.3, 0.4) is 0 Å². The van der Waals surface area contributed by atoms with E-state index in [2.05, 4.69) is 5.32 Å². The second-order valence-electron chi connectivity index (χ2n) is 4.89. The number of non-ortho nitro benzene ring substituents is 1. The van der Waals surface area contributed by atoms with Crippen LogP contribution in [0, 0.1) is 17.0 Å². The average molecular weight is 316 g/mol. The fraction of sp³-hybridized carbons (Fsp3) is 0.188. The number of rotatable bonds is 6. The van der Waals surface area contributed by atoms with E-state index in [1.165, 1.54) is 24.3 Å². The lowest BCUT2D eigenvalue weighted by atomic mass is 10.2. The maximum Gasteiger partial charge on any atom is 0.269 e. The van der Waals surface area contributed by atoms with Crippen molar-refractivity contribution in [3.63, 3.8) is 0 Å². The molecule has 7 heteroatoms. The molecule has 120 valence electrons. The minimum atomic E-state index is -0.916. The molecule has 2 aromatic rings. The minimum absolute atomic E-state index is 0.0107. The molecule has 1 atom stereocenters. The van der Waals surface area contributed by atoms with Gasteiger partial charge in [-0.1, -0.05) is 0 Å². The van der Waals surface area contributed by atoms with E-state index in [4.69, 9.17) is 4.42 Å². The van der Waals surface area contributed by atoms with E-state index in [0.717, 1.165) is 0 Å². The van der Waals surface area contributed by atoms with Gasteiger partial charge in [-0.15, -0.1) is 0 Å². The molecule has 0 aliphatic heterocycles. The molecule has 0 saturated carbocycles. The number of nitrogens with zero attached hydrogens (tertiary/aromatic N) is 1. The summed E-state index contributed by atoms with van der Waals surface area (Å²) in [4.78, 5) is 21.7. The molecule has 1 unspecified atom stereocenters. The number of aryl methyl sites for hydroxylation is 1. The van der Waals surface area contributed by atoms with E-state index in [1.54, 1.807) is 31.2 Å². The van der Waals surface area contributed by atoms with E-state index in [0.29, 0.717) is 17.1 Å². The molecule has 1 aromatic carbocycles. The Hall–Kier alpha value is -2.93. The van der Waals surface area contributed by atoms with Crippen LogP contribution in [0.25, 0.3) is 6.08 Å². The van der Waals surface area contributed by atoms with Crippen LogP contribution in [-0.2, 0) is 4.79 Å².